The molecule has 0 radical (unpaired) electrons. The lowest BCUT2D eigenvalue weighted by Crippen LogP contribution is -2.23. The number of sulfone groups is 1. The Bertz CT molecular complexity index is 902. The maximum atomic E-state index is 14.1. The molecular formula is C18H22FN3O3S. The normalized spacial score (nSPS) is 15.8. The van der Waals surface area contributed by atoms with Crippen molar-refractivity contribution in [3.8, 4) is 0 Å². The number of nitrogens with zero attached hydrogens (tertiary/aromatic N) is 2. The molecule has 0 aliphatic heterocycles. The minimum absolute atomic E-state index is 0.0893. The number of benzene rings is 1. The third kappa shape index (κ3) is 4.30. The van der Waals surface area contributed by atoms with Crippen LogP contribution in [0.1, 0.15) is 42.6 Å². The van der Waals surface area contributed by atoms with Crippen molar-refractivity contribution in [2.75, 3.05) is 11.6 Å². The molecule has 1 saturated carbocycles. The van der Waals surface area contributed by atoms with Crippen molar-refractivity contribution >= 4 is 21.4 Å². The molecule has 26 heavy (non-hydrogen) atoms. The van der Waals surface area contributed by atoms with Gasteiger partial charge in [-0.2, -0.15) is 5.10 Å². The number of hydrogen-bond acceptors (Lipinski definition) is 4. The molecule has 1 aliphatic rings. The number of rotatable bonds is 5. The highest BCUT2D eigenvalue weighted by molar-refractivity contribution is 7.90. The van der Waals surface area contributed by atoms with Crippen molar-refractivity contribution in [1.29, 1.82) is 0 Å². The molecule has 3 rings (SSSR count). The van der Waals surface area contributed by atoms with Gasteiger partial charge in [-0.05, 0) is 37.0 Å². The molecule has 1 aromatic heterocycles. The number of amides is 1. The summed E-state index contributed by atoms with van der Waals surface area (Å²) in [5.41, 5.74) is 0.170. The van der Waals surface area contributed by atoms with Crippen LogP contribution in [-0.2, 0) is 16.4 Å². The lowest BCUT2D eigenvalue weighted by Gasteiger charge is -2.22. The Morgan fingerprint density at radius 1 is 1.31 bits per heavy atom. The standard InChI is InChI=1S/C18H22FN3O3S/c1-26(24,25)15-9-5-8-14(10-15)21-18(23)17-16(19)11-20-22(17)12-13-6-3-2-4-7-13/h5,8-11,13H,2-4,6-7,12H2,1H3,(H,21,23). The van der Waals surface area contributed by atoms with Gasteiger partial charge in [-0.15, -0.1) is 0 Å². The third-order valence-electron chi connectivity index (χ3n) is 4.69. The third-order valence-corrected chi connectivity index (χ3v) is 5.80. The van der Waals surface area contributed by atoms with Gasteiger partial charge in [0.15, 0.2) is 21.3 Å². The van der Waals surface area contributed by atoms with Gasteiger partial charge in [0.1, 0.15) is 0 Å². The Labute approximate surface area is 152 Å². The van der Waals surface area contributed by atoms with E-state index in [4.69, 9.17) is 0 Å². The fraction of sp³-hybridized carbons (Fsp3) is 0.444. The van der Waals surface area contributed by atoms with E-state index in [1.54, 1.807) is 6.07 Å². The van der Waals surface area contributed by atoms with Gasteiger partial charge in [-0.25, -0.2) is 12.8 Å². The molecule has 0 unspecified atom stereocenters. The summed E-state index contributed by atoms with van der Waals surface area (Å²) in [7, 11) is -3.39. The second kappa shape index (κ2) is 7.57. The summed E-state index contributed by atoms with van der Waals surface area (Å²) >= 11 is 0. The van der Waals surface area contributed by atoms with Gasteiger partial charge in [0.25, 0.3) is 5.91 Å². The van der Waals surface area contributed by atoms with Crippen LogP contribution in [0, 0.1) is 11.7 Å². The molecule has 0 spiro atoms. The molecule has 6 nitrogen and oxygen atoms in total. The number of halogens is 1. The second-order valence-corrected chi connectivity index (χ2v) is 8.80. The van der Waals surface area contributed by atoms with E-state index in [2.05, 4.69) is 10.4 Å². The topological polar surface area (TPSA) is 81.1 Å². The zero-order valence-electron chi connectivity index (χ0n) is 14.6. The van der Waals surface area contributed by atoms with Crippen LogP contribution in [0.15, 0.2) is 35.4 Å². The molecule has 0 bridgehead atoms. The summed E-state index contributed by atoms with van der Waals surface area (Å²) in [6.07, 6.45) is 7.76. The lowest BCUT2D eigenvalue weighted by molar-refractivity contribution is 0.101. The first-order valence-corrected chi connectivity index (χ1v) is 10.6. The number of nitrogens with one attached hydrogen (secondary N) is 1. The lowest BCUT2D eigenvalue weighted by atomic mass is 9.89. The van der Waals surface area contributed by atoms with Crippen molar-refractivity contribution in [3.05, 3.63) is 42.0 Å². The molecule has 1 aliphatic carbocycles. The number of carbonyl (C=O) groups excluding carboxylic acids is 1. The number of hydrogen-bond donors (Lipinski definition) is 1. The molecule has 140 valence electrons. The molecule has 1 amide bonds. The van der Waals surface area contributed by atoms with Gasteiger partial charge in [0, 0.05) is 18.5 Å². The Kier molecular flexibility index (Phi) is 5.41. The van der Waals surface area contributed by atoms with E-state index < -0.39 is 21.6 Å². The van der Waals surface area contributed by atoms with Gasteiger partial charge in [-0.1, -0.05) is 25.3 Å². The first kappa shape index (κ1) is 18.6. The molecule has 1 heterocycles. The van der Waals surface area contributed by atoms with E-state index in [1.165, 1.54) is 29.3 Å². The average molecular weight is 379 g/mol. The molecule has 8 heteroatoms. The highest BCUT2D eigenvalue weighted by Crippen LogP contribution is 2.26. The van der Waals surface area contributed by atoms with E-state index in [0.717, 1.165) is 38.1 Å². The zero-order chi connectivity index (χ0) is 18.7. The highest BCUT2D eigenvalue weighted by Gasteiger charge is 2.22. The fourth-order valence-corrected chi connectivity index (χ4v) is 4.00. The molecule has 1 N–H and O–H groups in total. The Hall–Kier alpha value is -2.22. The smallest absolute Gasteiger partial charge is 0.276 e. The van der Waals surface area contributed by atoms with Crippen molar-refractivity contribution in [1.82, 2.24) is 9.78 Å². The van der Waals surface area contributed by atoms with Gasteiger partial charge < -0.3 is 5.32 Å². The predicted molar refractivity (Wildman–Crippen MR) is 96.3 cm³/mol. The van der Waals surface area contributed by atoms with Crippen LogP contribution >= 0.6 is 0 Å². The first-order valence-electron chi connectivity index (χ1n) is 8.67. The monoisotopic (exact) mass is 379 g/mol. The van der Waals surface area contributed by atoms with Crippen LogP contribution in [0.5, 0.6) is 0 Å². The highest BCUT2D eigenvalue weighted by atomic mass is 32.2. The predicted octanol–water partition coefficient (Wildman–Crippen LogP) is 3.26. The van der Waals surface area contributed by atoms with Crippen LogP contribution < -0.4 is 5.32 Å². The number of aromatic nitrogens is 2. The molecule has 0 atom stereocenters. The maximum absolute atomic E-state index is 14.1. The number of carbonyl (C=O) groups is 1. The van der Waals surface area contributed by atoms with E-state index in [-0.39, 0.29) is 10.6 Å². The van der Waals surface area contributed by atoms with Crippen LogP contribution in [0.25, 0.3) is 0 Å². The number of anilines is 1. The molecule has 2 aromatic rings. The van der Waals surface area contributed by atoms with E-state index in [0.29, 0.717) is 18.2 Å². The Balaban J connectivity index is 1.79. The fourth-order valence-electron chi connectivity index (χ4n) is 3.34. The van der Waals surface area contributed by atoms with Crippen LogP contribution in [0.3, 0.4) is 0 Å². The minimum atomic E-state index is -3.39. The van der Waals surface area contributed by atoms with Crippen LogP contribution in [-0.4, -0.2) is 30.4 Å². The largest absolute Gasteiger partial charge is 0.321 e. The van der Waals surface area contributed by atoms with E-state index in [1.807, 2.05) is 0 Å². The molecule has 1 fully saturated rings. The molecule has 1 aromatic carbocycles. The molecule has 0 saturated heterocycles. The van der Waals surface area contributed by atoms with Crippen molar-refractivity contribution in [2.45, 2.75) is 43.5 Å². The SMILES string of the molecule is CS(=O)(=O)c1cccc(NC(=O)c2c(F)cnn2CC2CCCCC2)c1. The van der Waals surface area contributed by atoms with E-state index in [9.17, 15) is 17.6 Å². The summed E-state index contributed by atoms with van der Waals surface area (Å²) in [5.74, 6) is -0.929. The van der Waals surface area contributed by atoms with Gasteiger partial charge >= 0.3 is 0 Å². The van der Waals surface area contributed by atoms with Crippen LogP contribution in [0.2, 0.25) is 0 Å². The summed E-state index contributed by atoms with van der Waals surface area (Å²) in [4.78, 5) is 12.6. The zero-order valence-corrected chi connectivity index (χ0v) is 15.4. The average Bonchev–Trinajstić information content (AvgIpc) is 2.96. The second-order valence-electron chi connectivity index (χ2n) is 6.78. The van der Waals surface area contributed by atoms with Gasteiger partial charge in [0.2, 0.25) is 0 Å². The molecular weight excluding hydrogens is 357 g/mol. The van der Waals surface area contributed by atoms with Gasteiger partial charge in [0.05, 0.1) is 11.1 Å². The quantitative estimate of drug-likeness (QED) is 0.865. The first-order chi connectivity index (χ1) is 12.3. The Morgan fingerprint density at radius 2 is 2.04 bits per heavy atom. The Morgan fingerprint density at radius 3 is 2.73 bits per heavy atom. The summed E-state index contributed by atoms with van der Waals surface area (Å²) in [6, 6.07) is 5.89. The van der Waals surface area contributed by atoms with Crippen molar-refractivity contribution in [2.24, 2.45) is 5.92 Å². The summed E-state index contributed by atoms with van der Waals surface area (Å²) in [6.45, 7) is 0.510. The summed E-state index contributed by atoms with van der Waals surface area (Å²) < 4.78 is 38.8. The van der Waals surface area contributed by atoms with Gasteiger partial charge in [-0.3, -0.25) is 9.48 Å². The van der Waals surface area contributed by atoms with Crippen molar-refractivity contribution in [3.63, 3.8) is 0 Å². The maximum Gasteiger partial charge on any atom is 0.276 e. The minimum Gasteiger partial charge on any atom is -0.321 e. The van der Waals surface area contributed by atoms with E-state index >= 15 is 0 Å². The summed E-state index contributed by atoms with van der Waals surface area (Å²) in [5, 5.41) is 6.59. The van der Waals surface area contributed by atoms with Crippen molar-refractivity contribution < 1.29 is 17.6 Å². The van der Waals surface area contributed by atoms with Crippen LogP contribution in [0.4, 0.5) is 10.1 Å².